The SMILES string of the molecule is O=C(Cc1csc(-c2cccc(F)c2)n1)N1CCCN(CC(=O)N2CCCC2)CC1. The third-order valence-electron chi connectivity index (χ3n) is 5.71. The lowest BCUT2D eigenvalue weighted by molar-refractivity contribution is -0.131. The average Bonchev–Trinajstić information content (AvgIpc) is 3.38. The standard InChI is InChI=1S/C22H27FN4O2S/c23-18-6-3-5-17(13-18)22-24-19(16-30-22)14-20(28)27-10-4-7-25(11-12-27)15-21(29)26-8-1-2-9-26/h3,5-6,13,16H,1-2,4,7-12,14-15H2. The zero-order valence-electron chi connectivity index (χ0n) is 17.1. The summed E-state index contributed by atoms with van der Waals surface area (Å²) in [5, 5.41) is 2.59. The smallest absolute Gasteiger partial charge is 0.236 e. The van der Waals surface area contributed by atoms with Gasteiger partial charge >= 0.3 is 0 Å². The molecule has 3 heterocycles. The second-order valence-electron chi connectivity index (χ2n) is 7.93. The van der Waals surface area contributed by atoms with Crippen LogP contribution in [0.4, 0.5) is 4.39 Å². The van der Waals surface area contributed by atoms with Crippen molar-refractivity contribution >= 4 is 23.2 Å². The van der Waals surface area contributed by atoms with Crippen LogP contribution in [0.3, 0.4) is 0 Å². The molecule has 160 valence electrons. The van der Waals surface area contributed by atoms with Crippen molar-refractivity contribution in [3.63, 3.8) is 0 Å². The molecule has 1 aromatic heterocycles. The topological polar surface area (TPSA) is 56.8 Å². The van der Waals surface area contributed by atoms with Crippen molar-refractivity contribution in [2.75, 3.05) is 45.8 Å². The van der Waals surface area contributed by atoms with E-state index in [4.69, 9.17) is 0 Å². The first-order valence-corrected chi connectivity index (χ1v) is 11.4. The number of hydrogen-bond donors (Lipinski definition) is 0. The highest BCUT2D eigenvalue weighted by atomic mass is 32.1. The maximum absolute atomic E-state index is 13.4. The zero-order chi connectivity index (χ0) is 20.9. The summed E-state index contributed by atoms with van der Waals surface area (Å²) in [6, 6.07) is 6.34. The number of rotatable bonds is 5. The molecule has 0 spiro atoms. The van der Waals surface area contributed by atoms with Crippen molar-refractivity contribution in [3.05, 3.63) is 41.2 Å². The Labute approximate surface area is 180 Å². The molecule has 2 fully saturated rings. The Bertz CT molecular complexity index is 897. The maximum Gasteiger partial charge on any atom is 0.236 e. The van der Waals surface area contributed by atoms with Gasteiger partial charge in [0.2, 0.25) is 11.8 Å². The number of carbonyl (C=O) groups excluding carboxylic acids is 2. The number of hydrogen-bond acceptors (Lipinski definition) is 5. The molecule has 6 nitrogen and oxygen atoms in total. The number of halogens is 1. The van der Waals surface area contributed by atoms with Crippen molar-refractivity contribution in [1.82, 2.24) is 19.7 Å². The second kappa shape index (κ2) is 9.66. The van der Waals surface area contributed by atoms with Crippen LogP contribution in [-0.4, -0.2) is 77.3 Å². The molecule has 0 atom stereocenters. The van der Waals surface area contributed by atoms with Crippen LogP contribution in [-0.2, 0) is 16.0 Å². The van der Waals surface area contributed by atoms with E-state index < -0.39 is 0 Å². The first-order valence-electron chi connectivity index (χ1n) is 10.6. The van der Waals surface area contributed by atoms with E-state index in [-0.39, 0.29) is 24.1 Å². The fourth-order valence-corrected chi connectivity index (χ4v) is 4.86. The average molecular weight is 431 g/mol. The molecule has 0 N–H and O–H groups in total. The minimum absolute atomic E-state index is 0.0545. The number of carbonyl (C=O) groups is 2. The van der Waals surface area contributed by atoms with Crippen molar-refractivity contribution in [3.8, 4) is 10.6 Å². The number of aromatic nitrogens is 1. The molecule has 0 bridgehead atoms. The minimum atomic E-state index is -0.294. The van der Waals surface area contributed by atoms with Crippen molar-refractivity contribution in [2.45, 2.75) is 25.7 Å². The fraction of sp³-hybridized carbons (Fsp3) is 0.500. The summed E-state index contributed by atoms with van der Waals surface area (Å²) in [5.74, 6) is -0.0314. The fourth-order valence-electron chi connectivity index (χ4n) is 4.05. The third kappa shape index (κ3) is 5.23. The van der Waals surface area contributed by atoms with E-state index in [0.717, 1.165) is 61.7 Å². The highest BCUT2D eigenvalue weighted by Crippen LogP contribution is 2.24. The molecule has 2 aliphatic heterocycles. The van der Waals surface area contributed by atoms with E-state index in [1.54, 1.807) is 6.07 Å². The van der Waals surface area contributed by atoms with Gasteiger partial charge in [0.1, 0.15) is 10.8 Å². The zero-order valence-corrected chi connectivity index (χ0v) is 17.9. The summed E-state index contributed by atoms with van der Waals surface area (Å²) < 4.78 is 13.4. The monoisotopic (exact) mass is 430 g/mol. The van der Waals surface area contributed by atoms with Gasteiger partial charge in [-0.2, -0.15) is 0 Å². The van der Waals surface area contributed by atoms with E-state index >= 15 is 0 Å². The number of nitrogens with zero attached hydrogens (tertiary/aromatic N) is 4. The van der Waals surface area contributed by atoms with Gasteiger partial charge in [0.25, 0.3) is 0 Å². The second-order valence-corrected chi connectivity index (χ2v) is 8.79. The quantitative estimate of drug-likeness (QED) is 0.732. The van der Waals surface area contributed by atoms with Gasteiger partial charge in [-0.3, -0.25) is 14.5 Å². The highest BCUT2D eigenvalue weighted by molar-refractivity contribution is 7.13. The summed E-state index contributed by atoms with van der Waals surface area (Å²) in [4.78, 5) is 35.7. The molecule has 0 aliphatic carbocycles. The predicted octanol–water partition coefficient (Wildman–Crippen LogP) is 2.65. The maximum atomic E-state index is 13.4. The van der Waals surface area contributed by atoms with Gasteiger partial charge in [0.05, 0.1) is 18.7 Å². The molecule has 0 radical (unpaired) electrons. The lowest BCUT2D eigenvalue weighted by atomic mass is 10.2. The molecule has 2 aromatic rings. The van der Waals surface area contributed by atoms with Gasteiger partial charge in [-0.05, 0) is 31.4 Å². The number of amides is 2. The molecule has 2 saturated heterocycles. The highest BCUT2D eigenvalue weighted by Gasteiger charge is 2.24. The molecule has 0 saturated carbocycles. The van der Waals surface area contributed by atoms with E-state index in [9.17, 15) is 14.0 Å². The number of thiazole rings is 1. The van der Waals surface area contributed by atoms with E-state index in [1.165, 1.54) is 23.5 Å². The molecule has 8 heteroatoms. The van der Waals surface area contributed by atoms with Crippen LogP contribution in [0.25, 0.3) is 10.6 Å². The van der Waals surface area contributed by atoms with Crippen molar-refractivity contribution < 1.29 is 14.0 Å². The molecule has 2 amide bonds. The molecule has 0 unspecified atom stereocenters. The van der Waals surface area contributed by atoms with Crippen LogP contribution in [0.5, 0.6) is 0 Å². The van der Waals surface area contributed by atoms with Gasteiger partial charge in [-0.25, -0.2) is 9.37 Å². The Balaban J connectivity index is 1.29. The summed E-state index contributed by atoms with van der Waals surface area (Å²) >= 11 is 1.42. The third-order valence-corrected chi connectivity index (χ3v) is 6.65. The summed E-state index contributed by atoms with van der Waals surface area (Å²) in [6.45, 7) is 5.10. The minimum Gasteiger partial charge on any atom is -0.342 e. The van der Waals surface area contributed by atoms with Crippen LogP contribution in [0, 0.1) is 5.82 Å². The van der Waals surface area contributed by atoms with Crippen LogP contribution in [0.1, 0.15) is 25.0 Å². The van der Waals surface area contributed by atoms with Crippen molar-refractivity contribution in [1.29, 1.82) is 0 Å². The molecule has 2 aliphatic rings. The Morgan fingerprint density at radius 2 is 1.73 bits per heavy atom. The lowest BCUT2D eigenvalue weighted by Crippen LogP contribution is -2.41. The number of benzene rings is 1. The summed E-state index contributed by atoms with van der Waals surface area (Å²) in [5.41, 5.74) is 1.45. The predicted molar refractivity (Wildman–Crippen MR) is 115 cm³/mol. The normalized spacial score (nSPS) is 17.9. The Morgan fingerprint density at radius 3 is 2.53 bits per heavy atom. The summed E-state index contributed by atoms with van der Waals surface area (Å²) in [7, 11) is 0. The Kier molecular flexibility index (Phi) is 6.74. The van der Waals surface area contributed by atoms with Gasteiger partial charge in [0, 0.05) is 50.2 Å². The van der Waals surface area contributed by atoms with E-state index in [0.29, 0.717) is 19.6 Å². The molecular weight excluding hydrogens is 403 g/mol. The van der Waals surface area contributed by atoms with Gasteiger partial charge in [-0.1, -0.05) is 12.1 Å². The number of likely N-dealkylation sites (tertiary alicyclic amines) is 1. The van der Waals surface area contributed by atoms with E-state index in [2.05, 4.69) is 9.88 Å². The first kappa shape index (κ1) is 20.9. The largest absolute Gasteiger partial charge is 0.342 e. The molecular formula is C22H27FN4O2S. The molecule has 4 rings (SSSR count). The Morgan fingerprint density at radius 1 is 0.967 bits per heavy atom. The van der Waals surface area contributed by atoms with Gasteiger partial charge < -0.3 is 9.80 Å². The summed E-state index contributed by atoms with van der Waals surface area (Å²) in [6.07, 6.45) is 3.32. The van der Waals surface area contributed by atoms with Crippen molar-refractivity contribution in [2.24, 2.45) is 0 Å². The van der Waals surface area contributed by atoms with Crippen LogP contribution >= 0.6 is 11.3 Å². The van der Waals surface area contributed by atoms with Gasteiger partial charge in [0.15, 0.2) is 0 Å². The molecule has 30 heavy (non-hydrogen) atoms. The first-order chi connectivity index (χ1) is 14.6. The van der Waals surface area contributed by atoms with E-state index in [1.807, 2.05) is 21.2 Å². The van der Waals surface area contributed by atoms with Gasteiger partial charge in [-0.15, -0.1) is 11.3 Å². The van der Waals surface area contributed by atoms with Crippen LogP contribution in [0.15, 0.2) is 29.6 Å². The van der Waals surface area contributed by atoms with Crippen LogP contribution in [0.2, 0.25) is 0 Å². The molecule has 1 aromatic carbocycles. The van der Waals surface area contributed by atoms with Crippen LogP contribution < -0.4 is 0 Å². The Hall–Kier alpha value is -2.32. The lowest BCUT2D eigenvalue weighted by Gasteiger charge is -2.23.